The van der Waals surface area contributed by atoms with Crippen LogP contribution >= 0.6 is 0 Å². The van der Waals surface area contributed by atoms with Crippen molar-refractivity contribution in [3.05, 3.63) is 0 Å². The number of carbonyl (C=O) groups is 7. The van der Waals surface area contributed by atoms with Crippen LogP contribution in [0.25, 0.3) is 0 Å². The lowest BCUT2D eigenvalue weighted by Crippen LogP contribution is -2.52. The van der Waals surface area contributed by atoms with E-state index in [2.05, 4.69) is 26.6 Å². The maximum Gasteiger partial charge on any atom is 0.318 e. The van der Waals surface area contributed by atoms with Crippen molar-refractivity contribution in [1.29, 1.82) is 0 Å². The van der Waals surface area contributed by atoms with Crippen LogP contribution in [0.4, 0.5) is 0 Å². The van der Waals surface area contributed by atoms with Gasteiger partial charge in [0.05, 0.1) is 47.0 Å². The SMILES string of the molecule is CCC(C)C(=O)OC(C)(C)CCC(C)(C)OC(=O)C(CC)CC(C)(CC(C)(C(=O)OC(C)(C)C)C1C(=O)OC(=O)C1C1C2CC(C(=O)OCCO[Si]3(C)CC(C)C[Si](C)C[Si](C)C3)C(C2)C1C)C(=O)O. The molecule has 0 aromatic rings. The van der Waals surface area contributed by atoms with Gasteiger partial charge in [-0.1, -0.05) is 59.4 Å². The van der Waals surface area contributed by atoms with Gasteiger partial charge in [0.2, 0.25) is 0 Å². The average Bonchev–Trinajstić information content (AvgIpc) is 3.88. The van der Waals surface area contributed by atoms with Crippen molar-refractivity contribution in [2.45, 2.75) is 208 Å². The molecule has 2 bridgehead atoms. The Morgan fingerprint density at radius 2 is 1.43 bits per heavy atom. The second kappa shape index (κ2) is 23.1. The number of cyclic esters (lactones) is 2. The van der Waals surface area contributed by atoms with E-state index in [-0.39, 0.29) is 63.9 Å². The molecule has 70 heavy (non-hydrogen) atoms. The zero-order valence-corrected chi connectivity index (χ0v) is 48.9. The lowest BCUT2D eigenvalue weighted by atomic mass is 9.57. The maximum absolute atomic E-state index is 14.7. The smallest absolute Gasteiger partial charge is 0.318 e. The minimum atomic E-state index is -1.94. The van der Waals surface area contributed by atoms with Gasteiger partial charge in [0.1, 0.15) is 23.4 Å². The number of ether oxygens (including phenoxy) is 5. The minimum absolute atomic E-state index is 0.135. The van der Waals surface area contributed by atoms with Gasteiger partial charge < -0.3 is 33.2 Å². The molecule has 2 aliphatic heterocycles. The van der Waals surface area contributed by atoms with E-state index in [1.165, 1.54) is 31.2 Å². The number of aliphatic carboxylic acids is 1. The third-order valence-corrected chi connectivity index (χ3v) is 30.3. The Kier molecular flexibility index (Phi) is 19.7. The normalized spacial score (nSPS) is 30.5. The average molecular weight is 1040 g/mol. The van der Waals surface area contributed by atoms with Crippen LogP contribution < -0.4 is 0 Å². The summed E-state index contributed by atoms with van der Waals surface area (Å²) in [4.78, 5) is 96.9. The highest BCUT2D eigenvalue weighted by molar-refractivity contribution is 6.89. The standard InChI is InChI=1S/C53H90O14Si3/c1-18-33(4)42(54)65-50(9,10)20-21-51(11,12)66-43(55)35(19-2)26-52(13,47(59)60)29-53(14,48(61)67-49(6,7)8)41-40(45(57)64-46(41)58)39-34(5)37-24-36(39)25-38(37)44(56)62-22-23-63-70(17)28-32(3)27-68(15)30-69(16)31-70/h32-41H,18-31H2,1-17H3,(H,59,60). The van der Waals surface area contributed by atoms with Gasteiger partial charge >= 0.3 is 41.8 Å². The minimum Gasteiger partial charge on any atom is -0.481 e. The molecule has 0 amide bonds. The van der Waals surface area contributed by atoms with Crippen molar-refractivity contribution in [3.8, 4) is 0 Å². The van der Waals surface area contributed by atoms with E-state index in [1.54, 1.807) is 41.5 Å². The Balaban J connectivity index is 1.53. The molecule has 2 saturated heterocycles. The molecule has 0 aromatic heterocycles. The second-order valence-electron chi connectivity index (χ2n) is 25.4. The molecule has 2 heterocycles. The van der Waals surface area contributed by atoms with Crippen LogP contribution in [0.15, 0.2) is 0 Å². The highest BCUT2D eigenvalue weighted by atomic mass is 28.4. The predicted octanol–water partition coefficient (Wildman–Crippen LogP) is 10.0. The van der Waals surface area contributed by atoms with Gasteiger partial charge in [-0.15, -0.1) is 0 Å². The molecule has 13 unspecified atom stereocenters. The fourth-order valence-corrected chi connectivity index (χ4v) is 29.2. The predicted molar refractivity (Wildman–Crippen MR) is 272 cm³/mol. The Morgan fingerprint density at radius 1 is 0.829 bits per heavy atom. The van der Waals surface area contributed by atoms with Crippen molar-refractivity contribution in [1.82, 2.24) is 0 Å². The molecule has 2 radical (unpaired) electrons. The molecule has 2 aliphatic carbocycles. The molecule has 398 valence electrons. The summed E-state index contributed by atoms with van der Waals surface area (Å²) in [5.41, 5.74) is -3.97. The van der Waals surface area contributed by atoms with Crippen molar-refractivity contribution in [2.75, 3.05) is 13.2 Å². The monoisotopic (exact) mass is 1030 g/mol. The number of fused-ring (bicyclic) bond motifs is 2. The van der Waals surface area contributed by atoms with Gasteiger partial charge in [-0.25, -0.2) is 0 Å². The van der Waals surface area contributed by atoms with Crippen molar-refractivity contribution in [2.24, 2.45) is 70.0 Å². The van der Waals surface area contributed by atoms with Crippen LogP contribution in [0.3, 0.4) is 0 Å². The molecule has 4 fully saturated rings. The molecule has 0 aromatic carbocycles. The quantitative estimate of drug-likeness (QED) is 0.0354. The second-order valence-corrected chi connectivity index (χ2v) is 36.0. The zero-order chi connectivity index (χ0) is 53.1. The summed E-state index contributed by atoms with van der Waals surface area (Å²) in [5.74, 6) is -9.43. The number of carboxylic acids is 1. The third kappa shape index (κ3) is 14.9. The number of hydrogen-bond donors (Lipinski definition) is 1. The lowest BCUT2D eigenvalue weighted by Gasteiger charge is -2.44. The van der Waals surface area contributed by atoms with Crippen molar-refractivity contribution < 1.29 is 66.8 Å². The van der Waals surface area contributed by atoms with E-state index < -0.39 is 111 Å². The molecule has 4 rings (SSSR count). The first kappa shape index (κ1) is 59.7. The van der Waals surface area contributed by atoms with Crippen LogP contribution in [-0.2, 0) is 61.7 Å². The largest absolute Gasteiger partial charge is 0.481 e. The zero-order valence-electron chi connectivity index (χ0n) is 45.9. The summed E-state index contributed by atoms with van der Waals surface area (Å²) >= 11 is 0. The summed E-state index contributed by atoms with van der Waals surface area (Å²) in [6.07, 6.45) is 1.98. The van der Waals surface area contributed by atoms with E-state index >= 15 is 0 Å². The number of carbonyl (C=O) groups excluding carboxylic acids is 6. The summed E-state index contributed by atoms with van der Waals surface area (Å²) in [6.45, 7) is 32.7. The first-order valence-corrected chi connectivity index (χ1v) is 33.9. The van der Waals surface area contributed by atoms with Crippen LogP contribution in [0.1, 0.15) is 148 Å². The Morgan fingerprint density at radius 3 is 1.97 bits per heavy atom. The highest BCUT2D eigenvalue weighted by Crippen LogP contribution is 2.62. The van der Waals surface area contributed by atoms with Crippen LogP contribution in [0.5, 0.6) is 0 Å². The molecule has 13 atom stereocenters. The molecular weight excluding hydrogens is 945 g/mol. The molecule has 0 spiro atoms. The first-order valence-electron chi connectivity index (χ1n) is 26.2. The number of esters is 6. The summed E-state index contributed by atoms with van der Waals surface area (Å²) in [6, 6.07) is 2.46. The van der Waals surface area contributed by atoms with Crippen LogP contribution in [-0.4, -0.2) is 103 Å². The van der Waals surface area contributed by atoms with Gasteiger partial charge in [-0.05, 0) is 162 Å². The highest BCUT2D eigenvalue weighted by Gasteiger charge is 2.67. The molecular formula is C53H90O14Si3. The van der Waals surface area contributed by atoms with E-state index in [1.807, 2.05) is 34.6 Å². The van der Waals surface area contributed by atoms with Crippen molar-refractivity contribution >= 4 is 67.7 Å². The number of carboxylic acid groups (broad SMARTS) is 1. The Bertz CT molecular complexity index is 1900. The van der Waals surface area contributed by atoms with Gasteiger partial charge in [-0.2, -0.15) is 0 Å². The number of hydrogen-bond acceptors (Lipinski definition) is 13. The fourth-order valence-electron chi connectivity index (χ4n) is 12.9. The van der Waals surface area contributed by atoms with Gasteiger partial charge in [0.15, 0.2) is 8.32 Å². The first-order chi connectivity index (χ1) is 32.1. The van der Waals surface area contributed by atoms with Crippen LogP contribution in [0.2, 0.25) is 43.1 Å². The summed E-state index contributed by atoms with van der Waals surface area (Å²) in [5, 5.41) is 11.0. The van der Waals surface area contributed by atoms with Crippen LogP contribution in [0, 0.1) is 70.0 Å². The Hall–Kier alpha value is -2.90. The Labute approximate surface area is 424 Å². The number of rotatable bonds is 22. The molecule has 4 aliphatic rings. The van der Waals surface area contributed by atoms with Gasteiger partial charge in [0, 0.05) is 17.6 Å². The van der Waals surface area contributed by atoms with E-state index in [0.717, 1.165) is 6.04 Å². The van der Waals surface area contributed by atoms with Crippen molar-refractivity contribution in [3.63, 3.8) is 0 Å². The topological polar surface area (TPSA) is 195 Å². The molecule has 2 saturated carbocycles. The fraction of sp³-hybridized carbons (Fsp3) is 0.868. The molecule has 1 N–H and O–H groups in total. The van der Waals surface area contributed by atoms with E-state index in [4.69, 9.17) is 28.1 Å². The van der Waals surface area contributed by atoms with E-state index in [9.17, 15) is 38.7 Å². The van der Waals surface area contributed by atoms with E-state index in [0.29, 0.717) is 44.6 Å². The lowest BCUT2D eigenvalue weighted by molar-refractivity contribution is -0.181. The summed E-state index contributed by atoms with van der Waals surface area (Å²) < 4.78 is 35.8. The van der Waals surface area contributed by atoms with Gasteiger partial charge in [0.25, 0.3) is 0 Å². The maximum atomic E-state index is 14.7. The molecule has 14 nitrogen and oxygen atoms in total. The summed E-state index contributed by atoms with van der Waals surface area (Å²) in [7, 11) is -2.68. The van der Waals surface area contributed by atoms with Gasteiger partial charge in [-0.3, -0.25) is 33.6 Å². The third-order valence-electron chi connectivity index (χ3n) is 16.3. The molecule has 17 heteroatoms.